The second kappa shape index (κ2) is 5.32. The number of aliphatic hydroxyl groups is 1. The molecule has 1 rings (SSSR count). The zero-order valence-electron chi connectivity index (χ0n) is 9.40. The summed E-state index contributed by atoms with van der Waals surface area (Å²) in [6.45, 7) is 3.97. The molecule has 0 amide bonds. The molecular formula is C11H16O4S. The molecule has 0 saturated heterocycles. The van der Waals surface area contributed by atoms with Gasteiger partial charge in [-0.3, -0.25) is 0 Å². The molecule has 1 aromatic rings. The Labute approximate surface area is 98.5 Å². The van der Waals surface area contributed by atoms with E-state index >= 15 is 0 Å². The number of thiophene rings is 1. The summed E-state index contributed by atoms with van der Waals surface area (Å²) in [5.74, 6) is -0.455. The Bertz CT molecular complexity index is 355. The lowest BCUT2D eigenvalue weighted by Gasteiger charge is -2.24. The summed E-state index contributed by atoms with van der Waals surface area (Å²) in [5.41, 5.74) is -0.828. The van der Waals surface area contributed by atoms with E-state index in [1.807, 2.05) is 13.8 Å². The maximum atomic E-state index is 10.6. The SMILES string of the molecule is CCC(O)(CC)COc1csc(C(=O)O)c1. The zero-order valence-corrected chi connectivity index (χ0v) is 10.2. The average Bonchev–Trinajstić information content (AvgIpc) is 2.75. The molecule has 90 valence electrons. The van der Waals surface area contributed by atoms with E-state index in [0.717, 1.165) is 11.3 Å². The first-order chi connectivity index (χ1) is 7.50. The van der Waals surface area contributed by atoms with Gasteiger partial charge in [-0.2, -0.15) is 0 Å². The van der Waals surface area contributed by atoms with Gasteiger partial charge in [-0.15, -0.1) is 11.3 Å². The molecule has 0 atom stereocenters. The molecule has 0 saturated carbocycles. The maximum Gasteiger partial charge on any atom is 0.346 e. The normalized spacial score (nSPS) is 11.4. The van der Waals surface area contributed by atoms with E-state index in [1.54, 1.807) is 5.38 Å². The van der Waals surface area contributed by atoms with Crippen LogP contribution in [0.25, 0.3) is 0 Å². The Morgan fingerprint density at radius 3 is 2.56 bits per heavy atom. The maximum absolute atomic E-state index is 10.6. The van der Waals surface area contributed by atoms with Crippen LogP contribution in [0.5, 0.6) is 5.75 Å². The van der Waals surface area contributed by atoms with Gasteiger partial charge in [0, 0.05) is 11.4 Å². The van der Waals surface area contributed by atoms with Gasteiger partial charge in [0.1, 0.15) is 17.2 Å². The molecule has 0 radical (unpaired) electrons. The van der Waals surface area contributed by atoms with E-state index in [0.29, 0.717) is 18.6 Å². The molecule has 0 bridgehead atoms. The lowest BCUT2D eigenvalue weighted by Crippen LogP contribution is -2.34. The van der Waals surface area contributed by atoms with E-state index in [1.165, 1.54) is 6.07 Å². The van der Waals surface area contributed by atoms with Crippen LogP contribution < -0.4 is 4.74 Å². The summed E-state index contributed by atoms with van der Waals surface area (Å²) in [4.78, 5) is 10.9. The topological polar surface area (TPSA) is 66.8 Å². The minimum atomic E-state index is -0.957. The Balaban J connectivity index is 2.57. The molecule has 5 heteroatoms. The Kier molecular flexibility index (Phi) is 4.32. The molecule has 4 nitrogen and oxygen atoms in total. The zero-order chi connectivity index (χ0) is 12.2. The highest BCUT2D eigenvalue weighted by molar-refractivity contribution is 7.12. The van der Waals surface area contributed by atoms with Crippen LogP contribution in [-0.4, -0.2) is 28.4 Å². The minimum Gasteiger partial charge on any atom is -0.490 e. The van der Waals surface area contributed by atoms with Crippen molar-refractivity contribution < 1.29 is 19.7 Å². The third-order valence-electron chi connectivity index (χ3n) is 2.61. The Morgan fingerprint density at radius 1 is 1.50 bits per heavy atom. The van der Waals surface area contributed by atoms with Crippen LogP contribution in [0, 0.1) is 0 Å². The second-order valence-electron chi connectivity index (χ2n) is 3.67. The Morgan fingerprint density at radius 2 is 2.12 bits per heavy atom. The van der Waals surface area contributed by atoms with Gasteiger partial charge in [-0.25, -0.2) is 4.79 Å². The van der Waals surface area contributed by atoms with Crippen LogP contribution in [0.3, 0.4) is 0 Å². The molecule has 2 N–H and O–H groups in total. The first-order valence-electron chi connectivity index (χ1n) is 5.17. The van der Waals surface area contributed by atoms with Gasteiger partial charge in [0.05, 0.1) is 5.60 Å². The summed E-state index contributed by atoms with van der Waals surface area (Å²) in [7, 11) is 0. The molecule has 16 heavy (non-hydrogen) atoms. The molecule has 0 aliphatic rings. The fourth-order valence-electron chi connectivity index (χ4n) is 1.18. The number of aromatic carboxylic acids is 1. The van der Waals surface area contributed by atoms with Gasteiger partial charge in [-0.1, -0.05) is 13.8 Å². The van der Waals surface area contributed by atoms with E-state index < -0.39 is 11.6 Å². The number of hydrogen-bond donors (Lipinski definition) is 2. The second-order valence-corrected chi connectivity index (χ2v) is 4.58. The molecule has 0 unspecified atom stereocenters. The lowest BCUT2D eigenvalue weighted by atomic mass is 9.99. The highest BCUT2D eigenvalue weighted by Crippen LogP contribution is 2.23. The molecular weight excluding hydrogens is 228 g/mol. The number of rotatable bonds is 6. The quantitative estimate of drug-likeness (QED) is 0.806. The van der Waals surface area contributed by atoms with Crippen molar-refractivity contribution in [2.75, 3.05) is 6.61 Å². The van der Waals surface area contributed by atoms with Crippen molar-refractivity contribution >= 4 is 17.3 Å². The van der Waals surface area contributed by atoms with Crippen LogP contribution in [0.1, 0.15) is 36.4 Å². The van der Waals surface area contributed by atoms with E-state index in [4.69, 9.17) is 9.84 Å². The monoisotopic (exact) mass is 244 g/mol. The third kappa shape index (κ3) is 3.21. The minimum absolute atomic E-state index is 0.190. The van der Waals surface area contributed by atoms with Crippen LogP contribution >= 0.6 is 11.3 Å². The fourth-order valence-corrected chi connectivity index (χ4v) is 1.84. The molecule has 0 aliphatic heterocycles. The van der Waals surface area contributed by atoms with Crippen LogP contribution in [0.4, 0.5) is 0 Å². The lowest BCUT2D eigenvalue weighted by molar-refractivity contribution is -0.0112. The molecule has 1 heterocycles. The number of carboxylic acids is 1. The molecule has 1 aromatic heterocycles. The smallest absolute Gasteiger partial charge is 0.346 e. The predicted octanol–water partition coefficient (Wildman–Crippen LogP) is 2.38. The van der Waals surface area contributed by atoms with E-state index in [-0.39, 0.29) is 11.5 Å². The van der Waals surface area contributed by atoms with Crippen molar-refractivity contribution in [2.24, 2.45) is 0 Å². The fraction of sp³-hybridized carbons (Fsp3) is 0.545. The number of ether oxygens (including phenoxy) is 1. The molecule has 0 fully saturated rings. The first kappa shape index (κ1) is 13.0. The third-order valence-corrected chi connectivity index (χ3v) is 3.51. The van der Waals surface area contributed by atoms with Gasteiger partial charge in [0.25, 0.3) is 0 Å². The van der Waals surface area contributed by atoms with Gasteiger partial charge in [0.15, 0.2) is 0 Å². The van der Waals surface area contributed by atoms with Crippen molar-refractivity contribution in [3.8, 4) is 5.75 Å². The standard InChI is InChI=1S/C11H16O4S/c1-3-11(14,4-2)7-15-8-5-9(10(12)13)16-6-8/h5-6,14H,3-4,7H2,1-2H3,(H,12,13). The molecule has 0 spiro atoms. The number of carbonyl (C=O) groups is 1. The van der Waals surface area contributed by atoms with Gasteiger partial charge < -0.3 is 14.9 Å². The summed E-state index contributed by atoms with van der Waals surface area (Å²) >= 11 is 1.12. The van der Waals surface area contributed by atoms with Crippen molar-refractivity contribution in [1.82, 2.24) is 0 Å². The summed E-state index contributed by atoms with van der Waals surface area (Å²) in [5, 5.41) is 20.3. The molecule has 0 aliphatic carbocycles. The van der Waals surface area contributed by atoms with E-state index in [9.17, 15) is 9.90 Å². The van der Waals surface area contributed by atoms with Crippen molar-refractivity contribution in [3.05, 3.63) is 16.3 Å². The van der Waals surface area contributed by atoms with Gasteiger partial charge >= 0.3 is 5.97 Å². The number of carboxylic acid groups (broad SMARTS) is 1. The van der Waals surface area contributed by atoms with Crippen molar-refractivity contribution in [2.45, 2.75) is 32.3 Å². The van der Waals surface area contributed by atoms with Crippen molar-refractivity contribution in [1.29, 1.82) is 0 Å². The molecule has 0 aromatic carbocycles. The largest absolute Gasteiger partial charge is 0.490 e. The first-order valence-corrected chi connectivity index (χ1v) is 6.05. The highest BCUT2D eigenvalue weighted by atomic mass is 32.1. The Hall–Kier alpha value is -1.07. The highest BCUT2D eigenvalue weighted by Gasteiger charge is 2.23. The van der Waals surface area contributed by atoms with E-state index in [2.05, 4.69) is 0 Å². The number of hydrogen-bond acceptors (Lipinski definition) is 4. The van der Waals surface area contributed by atoms with Crippen LogP contribution in [-0.2, 0) is 0 Å². The predicted molar refractivity (Wildman–Crippen MR) is 62.3 cm³/mol. The van der Waals surface area contributed by atoms with Gasteiger partial charge in [0.2, 0.25) is 0 Å². The van der Waals surface area contributed by atoms with Crippen LogP contribution in [0.15, 0.2) is 11.4 Å². The summed E-state index contributed by atoms with van der Waals surface area (Å²) in [6, 6.07) is 1.47. The summed E-state index contributed by atoms with van der Waals surface area (Å²) < 4.78 is 5.38. The van der Waals surface area contributed by atoms with Gasteiger partial charge in [-0.05, 0) is 12.8 Å². The summed E-state index contributed by atoms with van der Waals surface area (Å²) in [6.07, 6.45) is 1.22. The van der Waals surface area contributed by atoms with Crippen LogP contribution in [0.2, 0.25) is 0 Å². The average molecular weight is 244 g/mol. The van der Waals surface area contributed by atoms with Crippen molar-refractivity contribution in [3.63, 3.8) is 0 Å².